The van der Waals surface area contributed by atoms with Crippen LogP contribution in [0.3, 0.4) is 0 Å². The predicted octanol–water partition coefficient (Wildman–Crippen LogP) is 2.48. The molecule has 0 saturated carbocycles. The minimum Gasteiger partial charge on any atom is -0.496 e. The Balaban J connectivity index is 2.12. The summed E-state index contributed by atoms with van der Waals surface area (Å²) in [7, 11) is 6.64. The molecule has 6 nitrogen and oxygen atoms in total. The van der Waals surface area contributed by atoms with Crippen molar-refractivity contribution >= 4 is 17.6 Å². The van der Waals surface area contributed by atoms with Gasteiger partial charge in [0.25, 0.3) is 5.91 Å². The second-order valence-corrected chi connectivity index (χ2v) is 5.65. The number of amides is 1. The normalized spacial score (nSPS) is 10.1. The lowest BCUT2D eigenvalue weighted by Crippen LogP contribution is -2.23. The Bertz CT molecular complexity index is 772. The lowest BCUT2D eigenvalue weighted by molar-refractivity contribution is 0.0597. The molecular formula is C19H22N2O4. The van der Waals surface area contributed by atoms with Crippen LogP contribution in [0.2, 0.25) is 0 Å². The third-order valence-electron chi connectivity index (χ3n) is 3.75. The quantitative estimate of drug-likeness (QED) is 0.817. The van der Waals surface area contributed by atoms with Crippen LogP contribution in [0.15, 0.2) is 42.5 Å². The van der Waals surface area contributed by atoms with Crippen LogP contribution in [-0.2, 0) is 11.3 Å². The Hall–Kier alpha value is -3.02. The Kier molecular flexibility index (Phi) is 6.00. The molecule has 2 aromatic carbocycles. The molecule has 0 aliphatic carbocycles. The summed E-state index contributed by atoms with van der Waals surface area (Å²) in [6.45, 7) is 0.291. The zero-order valence-electron chi connectivity index (χ0n) is 14.8. The molecule has 0 unspecified atom stereocenters. The first-order valence-electron chi connectivity index (χ1n) is 7.77. The number of nitrogens with zero attached hydrogens (tertiary/aromatic N) is 1. The average molecular weight is 342 g/mol. The van der Waals surface area contributed by atoms with Crippen LogP contribution in [0.4, 0.5) is 5.69 Å². The lowest BCUT2D eigenvalue weighted by atomic mass is 10.1. The summed E-state index contributed by atoms with van der Waals surface area (Å²) < 4.78 is 9.91. The number of hydrogen-bond donors (Lipinski definition) is 1. The number of carbonyl (C=O) groups is 2. The summed E-state index contributed by atoms with van der Waals surface area (Å²) in [6.07, 6.45) is 0. The summed E-state index contributed by atoms with van der Waals surface area (Å²) in [5.74, 6) is -0.233. The van der Waals surface area contributed by atoms with Gasteiger partial charge in [0.2, 0.25) is 0 Å². The van der Waals surface area contributed by atoms with Gasteiger partial charge in [-0.3, -0.25) is 4.79 Å². The molecule has 0 heterocycles. The number of ether oxygens (including phenoxy) is 2. The van der Waals surface area contributed by atoms with Gasteiger partial charge in [0.1, 0.15) is 11.3 Å². The maximum Gasteiger partial charge on any atom is 0.341 e. The van der Waals surface area contributed by atoms with Crippen LogP contribution in [0.5, 0.6) is 5.75 Å². The zero-order chi connectivity index (χ0) is 18.4. The van der Waals surface area contributed by atoms with Crippen molar-refractivity contribution in [3.05, 3.63) is 59.2 Å². The maximum atomic E-state index is 12.3. The first-order valence-corrected chi connectivity index (χ1v) is 7.77. The van der Waals surface area contributed by atoms with E-state index in [2.05, 4.69) is 5.32 Å². The fraction of sp³-hybridized carbons (Fsp3) is 0.263. The van der Waals surface area contributed by atoms with Crippen LogP contribution < -0.4 is 15.0 Å². The molecule has 0 fully saturated rings. The Labute approximate surface area is 147 Å². The Morgan fingerprint density at radius 2 is 1.84 bits per heavy atom. The number of rotatable bonds is 6. The van der Waals surface area contributed by atoms with Gasteiger partial charge in [0, 0.05) is 31.9 Å². The molecule has 0 bridgehead atoms. The molecule has 0 saturated heterocycles. The maximum absolute atomic E-state index is 12.3. The van der Waals surface area contributed by atoms with Gasteiger partial charge < -0.3 is 19.7 Å². The minimum absolute atomic E-state index is 0.181. The van der Waals surface area contributed by atoms with Crippen LogP contribution in [0.25, 0.3) is 0 Å². The molecule has 6 heteroatoms. The number of nitrogens with one attached hydrogen (secondary N) is 1. The highest BCUT2D eigenvalue weighted by Gasteiger charge is 2.14. The monoisotopic (exact) mass is 342 g/mol. The summed E-state index contributed by atoms with van der Waals surface area (Å²) >= 11 is 0. The third kappa shape index (κ3) is 4.50. The number of carbonyl (C=O) groups excluding carboxylic acids is 2. The molecule has 0 aromatic heterocycles. The van der Waals surface area contributed by atoms with E-state index in [1.165, 1.54) is 14.2 Å². The van der Waals surface area contributed by atoms with Crippen molar-refractivity contribution in [2.24, 2.45) is 0 Å². The summed E-state index contributed by atoms with van der Waals surface area (Å²) in [5.41, 5.74) is 2.63. The van der Waals surface area contributed by atoms with Gasteiger partial charge in [-0.25, -0.2) is 4.79 Å². The predicted molar refractivity (Wildman–Crippen MR) is 96.3 cm³/mol. The van der Waals surface area contributed by atoms with E-state index < -0.39 is 5.97 Å². The van der Waals surface area contributed by atoms with Crippen molar-refractivity contribution in [1.29, 1.82) is 0 Å². The molecule has 132 valence electrons. The average Bonchev–Trinajstić information content (AvgIpc) is 2.65. The SMILES string of the molecule is COC(=O)c1cc(CNC(=O)c2cccc(N(C)C)c2)ccc1OC. The largest absolute Gasteiger partial charge is 0.496 e. The third-order valence-corrected chi connectivity index (χ3v) is 3.75. The van der Waals surface area contributed by atoms with Gasteiger partial charge in [-0.2, -0.15) is 0 Å². The summed E-state index contributed by atoms with van der Waals surface area (Å²) in [5, 5.41) is 2.85. The first-order chi connectivity index (χ1) is 12.0. The van der Waals surface area contributed by atoms with Crippen LogP contribution in [0.1, 0.15) is 26.3 Å². The second-order valence-electron chi connectivity index (χ2n) is 5.65. The number of esters is 1. The fourth-order valence-electron chi connectivity index (χ4n) is 2.34. The van der Waals surface area contributed by atoms with Crippen LogP contribution >= 0.6 is 0 Å². The highest BCUT2D eigenvalue weighted by Crippen LogP contribution is 2.21. The highest BCUT2D eigenvalue weighted by atomic mass is 16.5. The number of benzene rings is 2. The minimum atomic E-state index is -0.483. The van der Waals surface area contributed by atoms with Gasteiger partial charge in [-0.15, -0.1) is 0 Å². The molecular weight excluding hydrogens is 320 g/mol. The molecule has 2 rings (SSSR count). The van der Waals surface area contributed by atoms with E-state index in [0.29, 0.717) is 23.4 Å². The molecule has 0 aliphatic heterocycles. The Morgan fingerprint density at radius 1 is 1.08 bits per heavy atom. The van der Waals surface area contributed by atoms with E-state index in [0.717, 1.165) is 11.3 Å². The van der Waals surface area contributed by atoms with Gasteiger partial charge in [0.15, 0.2) is 0 Å². The van der Waals surface area contributed by atoms with Crippen molar-refractivity contribution < 1.29 is 19.1 Å². The van der Waals surface area contributed by atoms with E-state index in [4.69, 9.17) is 9.47 Å². The van der Waals surface area contributed by atoms with E-state index in [1.807, 2.05) is 37.2 Å². The number of hydrogen-bond acceptors (Lipinski definition) is 5. The molecule has 2 aromatic rings. The van der Waals surface area contributed by atoms with E-state index in [-0.39, 0.29) is 5.91 Å². The Morgan fingerprint density at radius 3 is 2.48 bits per heavy atom. The van der Waals surface area contributed by atoms with Crippen molar-refractivity contribution in [3.8, 4) is 5.75 Å². The van der Waals surface area contributed by atoms with E-state index in [1.54, 1.807) is 24.3 Å². The van der Waals surface area contributed by atoms with E-state index >= 15 is 0 Å². The van der Waals surface area contributed by atoms with Crippen molar-refractivity contribution in [1.82, 2.24) is 5.32 Å². The van der Waals surface area contributed by atoms with Gasteiger partial charge >= 0.3 is 5.97 Å². The van der Waals surface area contributed by atoms with Crippen molar-refractivity contribution in [2.75, 3.05) is 33.2 Å². The molecule has 25 heavy (non-hydrogen) atoms. The van der Waals surface area contributed by atoms with Crippen LogP contribution in [-0.4, -0.2) is 40.2 Å². The summed E-state index contributed by atoms with van der Waals surface area (Å²) in [4.78, 5) is 26.1. The standard InChI is InChI=1S/C19H22N2O4/c1-21(2)15-7-5-6-14(11-15)18(22)20-12-13-8-9-17(24-3)16(10-13)19(23)25-4/h5-11H,12H2,1-4H3,(H,20,22). The second kappa shape index (κ2) is 8.19. The van der Waals surface area contributed by atoms with Gasteiger partial charge in [0.05, 0.1) is 14.2 Å². The van der Waals surface area contributed by atoms with Gasteiger partial charge in [-0.1, -0.05) is 12.1 Å². The molecule has 0 atom stereocenters. The fourth-order valence-corrected chi connectivity index (χ4v) is 2.34. The molecule has 0 spiro atoms. The topological polar surface area (TPSA) is 67.9 Å². The van der Waals surface area contributed by atoms with E-state index in [9.17, 15) is 9.59 Å². The zero-order valence-corrected chi connectivity index (χ0v) is 14.8. The highest BCUT2D eigenvalue weighted by molar-refractivity contribution is 5.95. The molecule has 0 aliphatic rings. The van der Waals surface area contributed by atoms with Crippen molar-refractivity contribution in [2.45, 2.75) is 6.54 Å². The van der Waals surface area contributed by atoms with Crippen LogP contribution in [0, 0.1) is 0 Å². The first kappa shape index (κ1) is 18.3. The number of anilines is 1. The van der Waals surface area contributed by atoms with Crippen molar-refractivity contribution in [3.63, 3.8) is 0 Å². The van der Waals surface area contributed by atoms with Gasteiger partial charge in [-0.05, 0) is 35.9 Å². The lowest BCUT2D eigenvalue weighted by Gasteiger charge is -2.14. The molecule has 0 radical (unpaired) electrons. The molecule has 1 amide bonds. The molecule has 1 N–H and O–H groups in total. The number of methoxy groups -OCH3 is 2. The summed E-state index contributed by atoms with van der Waals surface area (Å²) in [6, 6.07) is 12.5. The smallest absolute Gasteiger partial charge is 0.341 e.